The maximum Gasteiger partial charge on any atom is 0.148 e. The highest BCUT2D eigenvalue weighted by molar-refractivity contribution is 7.99. The van der Waals surface area contributed by atoms with Crippen LogP contribution >= 0.6 is 11.8 Å². The molecule has 0 saturated carbocycles. The Morgan fingerprint density at radius 3 is 2.68 bits per heavy atom. The SMILES string of the molecule is Cc1ncnc(N2CCSCC2)c1C#Cc1ccc(N)nc1. The lowest BCUT2D eigenvalue weighted by atomic mass is 10.2. The van der Waals surface area contributed by atoms with Gasteiger partial charge >= 0.3 is 0 Å². The Morgan fingerprint density at radius 1 is 1.14 bits per heavy atom. The summed E-state index contributed by atoms with van der Waals surface area (Å²) >= 11 is 1.97. The molecule has 0 unspecified atom stereocenters. The van der Waals surface area contributed by atoms with Crippen molar-refractivity contribution in [3.8, 4) is 11.8 Å². The Bertz CT molecular complexity index is 712. The molecule has 22 heavy (non-hydrogen) atoms. The third-order valence-electron chi connectivity index (χ3n) is 3.45. The van der Waals surface area contributed by atoms with Crippen LogP contribution in [0.25, 0.3) is 0 Å². The lowest BCUT2D eigenvalue weighted by Gasteiger charge is -2.28. The average Bonchev–Trinajstić information content (AvgIpc) is 2.56. The number of hydrogen-bond acceptors (Lipinski definition) is 6. The van der Waals surface area contributed by atoms with E-state index in [0.29, 0.717) is 5.82 Å². The number of rotatable bonds is 1. The van der Waals surface area contributed by atoms with Crippen molar-refractivity contribution < 1.29 is 0 Å². The summed E-state index contributed by atoms with van der Waals surface area (Å²) in [6.45, 7) is 3.97. The zero-order chi connectivity index (χ0) is 15.4. The smallest absolute Gasteiger partial charge is 0.148 e. The fraction of sp³-hybridized carbons (Fsp3) is 0.312. The summed E-state index contributed by atoms with van der Waals surface area (Å²) in [4.78, 5) is 15.1. The number of aromatic nitrogens is 3. The van der Waals surface area contributed by atoms with Gasteiger partial charge in [0, 0.05) is 36.4 Å². The normalized spacial score (nSPS) is 14.3. The minimum atomic E-state index is 0.497. The van der Waals surface area contributed by atoms with Gasteiger partial charge in [0.25, 0.3) is 0 Å². The van der Waals surface area contributed by atoms with Crippen LogP contribution in [0.2, 0.25) is 0 Å². The summed E-state index contributed by atoms with van der Waals surface area (Å²) in [6, 6.07) is 3.62. The second-order valence-electron chi connectivity index (χ2n) is 4.98. The molecule has 2 aromatic rings. The first-order valence-electron chi connectivity index (χ1n) is 7.12. The molecule has 0 aliphatic carbocycles. The van der Waals surface area contributed by atoms with E-state index in [1.165, 1.54) is 0 Å². The van der Waals surface area contributed by atoms with Crippen molar-refractivity contribution >= 4 is 23.4 Å². The van der Waals surface area contributed by atoms with E-state index in [1.54, 1.807) is 18.6 Å². The van der Waals surface area contributed by atoms with Gasteiger partial charge in [0.05, 0.1) is 11.3 Å². The zero-order valence-electron chi connectivity index (χ0n) is 12.4. The highest BCUT2D eigenvalue weighted by atomic mass is 32.2. The van der Waals surface area contributed by atoms with E-state index in [-0.39, 0.29) is 0 Å². The molecule has 112 valence electrons. The van der Waals surface area contributed by atoms with Crippen LogP contribution in [0.4, 0.5) is 11.6 Å². The van der Waals surface area contributed by atoms with Crippen LogP contribution in [-0.4, -0.2) is 39.5 Å². The minimum Gasteiger partial charge on any atom is -0.384 e. The van der Waals surface area contributed by atoms with Crippen molar-refractivity contribution in [1.29, 1.82) is 0 Å². The molecule has 0 aromatic carbocycles. The Kier molecular flexibility index (Phi) is 4.45. The van der Waals surface area contributed by atoms with Crippen LogP contribution in [0, 0.1) is 18.8 Å². The summed E-state index contributed by atoms with van der Waals surface area (Å²) < 4.78 is 0. The van der Waals surface area contributed by atoms with E-state index >= 15 is 0 Å². The van der Waals surface area contributed by atoms with Crippen LogP contribution < -0.4 is 10.6 Å². The van der Waals surface area contributed by atoms with Crippen molar-refractivity contribution in [3.05, 3.63) is 41.5 Å². The van der Waals surface area contributed by atoms with E-state index in [9.17, 15) is 0 Å². The molecule has 3 heterocycles. The molecule has 1 aliphatic rings. The van der Waals surface area contributed by atoms with E-state index in [1.807, 2.05) is 24.8 Å². The zero-order valence-corrected chi connectivity index (χ0v) is 13.2. The monoisotopic (exact) mass is 311 g/mol. The molecule has 6 heteroatoms. The Labute approximate surface area is 134 Å². The van der Waals surface area contributed by atoms with Crippen molar-refractivity contribution in [2.45, 2.75) is 6.92 Å². The quantitative estimate of drug-likeness (QED) is 0.809. The van der Waals surface area contributed by atoms with Crippen LogP contribution in [0.3, 0.4) is 0 Å². The summed E-state index contributed by atoms with van der Waals surface area (Å²) in [6.07, 6.45) is 3.29. The fourth-order valence-electron chi connectivity index (χ4n) is 2.24. The van der Waals surface area contributed by atoms with E-state index in [0.717, 1.165) is 47.2 Å². The number of nitrogen functional groups attached to an aromatic ring is 1. The van der Waals surface area contributed by atoms with Gasteiger partial charge in [-0.3, -0.25) is 0 Å². The van der Waals surface area contributed by atoms with Gasteiger partial charge < -0.3 is 10.6 Å². The third-order valence-corrected chi connectivity index (χ3v) is 4.39. The number of nitrogens with zero attached hydrogens (tertiary/aromatic N) is 4. The minimum absolute atomic E-state index is 0.497. The summed E-state index contributed by atoms with van der Waals surface area (Å²) in [7, 11) is 0. The fourth-order valence-corrected chi connectivity index (χ4v) is 3.14. The molecule has 3 rings (SSSR count). The molecule has 5 nitrogen and oxygen atoms in total. The second kappa shape index (κ2) is 6.67. The number of pyridine rings is 1. The molecule has 0 bridgehead atoms. The Balaban J connectivity index is 1.94. The largest absolute Gasteiger partial charge is 0.384 e. The Hall–Kier alpha value is -2.26. The number of aryl methyl sites for hydroxylation is 1. The van der Waals surface area contributed by atoms with Gasteiger partial charge in [-0.15, -0.1) is 0 Å². The van der Waals surface area contributed by atoms with Gasteiger partial charge in [-0.1, -0.05) is 11.8 Å². The Morgan fingerprint density at radius 2 is 1.95 bits per heavy atom. The van der Waals surface area contributed by atoms with Gasteiger partial charge in [-0.05, 0) is 19.1 Å². The van der Waals surface area contributed by atoms with Crippen molar-refractivity contribution in [3.63, 3.8) is 0 Å². The highest BCUT2D eigenvalue weighted by Gasteiger charge is 2.16. The molecule has 0 amide bonds. The number of nitrogens with two attached hydrogens (primary N) is 1. The average molecular weight is 311 g/mol. The van der Waals surface area contributed by atoms with Gasteiger partial charge in [-0.2, -0.15) is 11.8 Å². The first kappa shape index (κ1) is 14.7. The number of thioether (sulfide) groups is 1. The van der Waals surface area contributed by atoms with Gasteiger partial charge in [0.2, 0.25) is 0 Å². The molecule has 1 saturated heterocycles. The van der Waals surface area contributed by atoms with E-state index in [2.05, 4.69) is 31.7 Å². The lowest BCUT2D eigenvalue weighted by molar-refractivity contribution is 0.829. The van der Waals surface area contributed by atoms with Crippen LogP contribution in [-0.2, 0) is 0 Å². The van der Waals surface area contributed by atoms with Gasteiger partial charge in [-0.25, -0.2) is 15.0 Å². The van der Waals surface area contributed by atoms with Crippen LogP contribution in [0.5, 0.6) is 0 Å². The summed E-state index contributed by atoms with van der Waals surface area (Å²) in [5.41, 5.74) is 8.22. The molecular weight excluding hydrogens is 294 g/mol. The van der Waals surface area contributed by atoms with Crippen LogP contribution in [0.15, 0.2) is 24.7 Å². The highest BCUT2D eigenvalue weighted by Crippen LogP contribution is 2.22. The number of hydrogen-bond donors (Lipinski definition) is 1. The predicted octanol–water partition coefficient (Wildman–Crippen LogP) is 1.72. The summed E-state index contributed by atoms with van der Waals surface area (Å²) in [5.74, 6) is 10.0. The molecule has 0 atom stereocenters. The molecule has 1 aliphatic heterocycles. The molecule has 0 radical (unpaired) electrons. The first-order chi connectivity index (χ1) is 10.7. The molecule has 2 N–H and O–H groups in total. The van der Waals surface area contributed by atoms with Crippen molar-refractivity contribution in [2.75, 3.05) is 35.2 Å². The lowest BCUT2D eigenvalue weighted by Crippen LogP contribution is -2.34. The maximum atomic E-state index is 5.59. The van der Waals surface area contributed by atoms with Gasteiger partial charge in [0.1, 0.15) is 18.0 Å². The second-order valence-corrected chi connectivity index (χ2v) is 6.20. The standard InChI is InChI=1S/C16H17N5S/c1-12-14(4-2-13-3-5-15(17)18-10-13)16(20-11-19-12)21-6-8-22-9-7-21/h3,5,10-11H,6-9H2,1H3,(H2,17,18). The molecule has 2 aromatic heterocycles. The topological polar surface area (TPSA) is 67.9 Å². The first-order valence-corrected chi connectivity index (χ1v) is 8.27. The van der Waals surface area contributed by atoms with E-state index in [4.69, 9.17) is 5.73 Å². The van der Waals surface area contributed by atoms with Crippen LogP contribution in [0.1, 0.15) is 16.8 Å². The maximum absolute atomic E-state index is 5.59. The van der Waals surface area contributed by atoms with Gasteiger partial charge in [0.15, 0.2) is 0 Å². The molecule has 0 spiro atoms. The molecular formula is C16H17N5S. The van der Waals surface area contributed by atoms with E-state index < -0.39 is 0 Å². The predicted molar refractivity (Wildman–Crippen MR) is 90.9 cm³/mol. The third kappa shape index (κ3) is 3.31. The molecule has 1 fully saturated rings. The summed E-state index contributed by atoms with van der Waals surface area (Å²) in [5, 5.41) is 0. The number of anilines is 2. The van der Waals surface area contributed by atoms with Crippen molar-refractivity contribution in [1.82, 2.24) is 15.0 Å². The van der Waals surface area contributed by atoms with Crippen molar-refractivity contribution in [2.24, 2.45) is 0 Å².